The Kier molecular flexibility index (Phi) is 3.11. The standard InChI is InChI=1S/C14H16O2/c1-10(9-15)8-12-7-6-11-4-2-3-5-13(11)14(12)16/h2-7,10,15-16H,8-9H2,1H3. The molecule has 1 unspecified atom stereocenters. The maximum absolute atomic E-state index is 10.1. The molecule has 0 saturated carbocycles. The summed E-state index contributed by atoms with van der Waals surface area (Å²) in [5, 5.41) is 21.1. The third kappa shape index (κ3) is 2.02. The number of fused-ring (bicyclic) bond motifs is 1. The maximum Gasteiger partial charge on any atom is 0.126 e. The Morgan fingerprint density at radius 2 is 1.88 bits per heavy atom. The van der Waals surface area contributed by atoms with E-state index in [1.807, 2.05) is 43.3 Å². The van der Waals surface area contributed by atoms with E-state index in [1.165, 1.54) is 0 Å². The minimum atomic E-state index is 0.145. The molecule has 0 aromatic heterocycles. The average molecular weight is 216 g/mol. The quantitative estimate of drug-likeness (QED) is 0.828. The molecule has 0 aliphatic carbocycles. The molecule has 84 valence electrons. The van der Waals surface area contributed by atoms with E-state index in [1.54, 1.807) is 0 Å². The van der Waals surface area contributed by atoms with E-state index in [-0.39, 0.29) is 12.5 Å². The largest absolute Gasteiger partial charge is 0.507 e. The summed E-state index contributed by atoms with van der Waals surface area (Å²) < 4.78 is 0. The molecule has 2 nitrogen and oxygen atoms in total. The van der Waals surface area contributed by atoms with Crippen LogP contribution in [0.15, 0.2) is 36.4 Å². The lowest BCUT2D eigenvalue weighted by atomic mass is 9.98. The fraction of sp³-hybridized carbons (Fsp3) is 0.286. The minimum absolute atomic E-state index is 0.145. The number of rotatable bonds is 3. The van der Waals surface area contributed by atoms with E-state index in [9.17, 15) is 5.11 Å². The highest BCUT2D eigenvalue weighted by Gasteiger charge is 2.09. The van der Waals surface area contributed by atoms with Gasteiger partial charge in [-0.3, -0.25) is 0 Å². The van der Waals surface area contributed by atoms with Crippen molar-refractivity contribution < 1.29 is 10.2 Å². The second-order valence-corrected chi connectivity index (χ2v) is 4.29. The number of aromatic hydroxyl groups is 1. The second kappa shape index (κ2) is 4.54. The van der Waals surface area contributed by atoms with Gasteiger partial charge in [-0.2, -0.15) is 0 Å². The van der Waals surface area contributed by atoms with Gasteiger partial charge in [0.2, 0.25) is 0 Å². The molecule has 2 heteroatoms. The van der Waals surface area contributed by atoms with Crippen LogP contribution in [0.3, 0.4) is 0 Å². The lowest BCUT2D eigenvalue weighted by molar-refractivity contribution is 0.236. The predicted octanol–water partition coefficient (Wildman–Crippen LogP) is 2.72. The fourth-order valence-electron chi connectivity index (χ4n) is 1.90. The molecule has 16 heavy (non-hydrogen) atoms. The van der Waals surface area contributed by atoms with Gasteiger partial charge in [-0.15, -0.1) is 0 Å². The number of phenolic OH excluding ortho intramolecular Hbond substituents is 1. The van der Waals surface area contributed by atoms with Crippen molar-refractivity contribution in [2.75, 3.05) is 6.61 Å². The van der Waals surface area contributed by atoms with Gasteiger partial charge in [-0.1, -0.05) is 43.3 Å². The zero-order chi connectivity index (χ0) is 11.5. The molecular weight excluding hydrogens is 200 g/mol. The van der Waals surface area contributed by atoms with Crippen LogP contribution in [0.2, 0.25) is 0 Å². The molecular formula is C14H16O2. The van der Waals surface area contributed by atoms with Crippen molar-refractivity contribution in [1.29, 1.82) is 0 Å². The topological polar surface area (TPSA) is 40.5 Å². The first-order valence-corrected chi connectivity index (χ1v) is 5.53. The molecule has 0 fully saturated rings. The fourth-order valence-corrected chi connectivity index (χ4v) is 1.90. The number of hydrogen-bond donors (Lipinski definition) is 2. The predicted molar refractivity (Wildman–Crippen MR) is 65.6 cm³/mol. The molecule has 2 aromatic carbocycles. The first kappa shape index (κ1) is 11.0. The number of aliphatic hydroxyl groups is 1. The van der Waals surface area contributed by atoms with Crippen LogP contribution < -0.4 is 0 Å². The highest BCUT2D eigenvalue weighted by Crippen LogP contribution is 2.29. The van der Waals surface area contributed by atoms with Crippen LogP contribution >= 0.6 is 0 Å². The second-order valence-electron chi connectivity index (χ2n) is 4.29. The van der Waals surface area contributed by atoms with E-state index < -0.39 is 0 Å². The van der Waals surface area contributed by atoms with Crippen molar-refractivity contribution in [3.8, 4) is 5.75 Å². The number of phenols is 1. The number of hydrogen-bond acceptors (Lipinski definition) is 2. The van der Waals surface area contributed by atoms with Crippen molar-refractivity contribution in [3.63, 3.8) is 0 Å². The van der Waals surface area contributed by atoms with Crippen LogP contribution in [0, 0.1) is 5.92 Å². The third-order valence-electron chi connectivity index (χ3n) is 2.86. The van der Waals surface area contributed by atoms with Crippen molar-refractivity contribution in [1.82, 2.24) is 0 Å². The lowest BCUT2D eigenvalue weighted by Crippen LogP contribution is -2.04. The van der Waals surface area contributed by atoms with E-state index in [0.717, 1.165) is 16.3 Å². The smallest absolute Gasteiger partial charge is 0.126 e. The van der Waals surface area contributed by atoms with Gasteiger partial charge in [0, 0.05) is 12.0 Å². The lowest BCUT2D eigenvalue weighted by Gasteiger charge is -2.11. The molecule has 0 spiro atoms. The summed E-state index contributed by atoms with van der Waals surface area (Å²) in [5.41, 5.74) is 0.903. The summed E-state index contributed by atoms with van der Waals surface area (Å²) in [5.74, 6) is 0.519. The van der Waals surface area contributed by atoms with Gasteiger partial charge in [0.25, 0.3) is 0 Å². The van der Waals surface area contributed by atoms with Crippen molar-refractivity contribution in [3.05, 3.63) is 42.0 Å². The van der Waals surface area contributed by atoms with Gasteiger partial charge in [-0.05, 0) is 23.3 Å². The average Bonchev–Trinajstić information content (AvgIpc) is 2.33. The first-order valence-electron chi connectivity index (χ1n) is 5.53. The molecule has 0 aliphatic heterocycles. The van der Waals surface area contributed by atoms with Crippen LogP contribution in [0.5, 0.6) is 5.75 Å². The third-order valence-corrected chi connectivity index (χ3v) is 2.86. The minimum Gasteiger partial charge on any atom is -0.507 e. The summed E-state index contributed by atoms with van der Waals surface area (Å²) in [6.07, 6.45) is 0.702. The van der Waals surface area contributed by atoms with E-state index in [4.69, 9.17) is 5.11 Å². The summed E-state index contributed by atoms with van der Waals surface area (Å²) in [7, 11) is 0. The van der Waals surface area contributed by atoms with Gasteiger partial charge >= 0.3 is 0 Å². The Labute approximate surface area is 95.2 Å². The zero-order valence-corrected chi connectivity index (χ0v) is 9.35. The molecule has 0 heterocycles. The van der Waals surface area contributed by atoms with Crippen LogP contribution in [0.4, 0.5) is 0 Å². The Bertz CT molecular complexity index is 491. The normalized spacial score (nSPS) is 12.9. The summed E-state index contributed by atoms with van der Waals surface area (Å²) >= 11 is 0. The van der Waals surface area contributed by atoms with Gasteiger partial charge in [0.05, 0.1) is 0 Å². The van der Waals surface area contributed by atoms with E-state index in [0.29, 0.717) is 12.2 Å². The van der Waals surface area contributed by atoms with Crippen molar-refractivity contribution in [2.24, 2.45) is 5.92 Å². The Morgan fingerprint density at radius 1 is 1.12 bits per heavy atom. The van der Waals surface area contributed by atoms with Crippen LogP contribution in [0.1, 0.15) is 12.5 Å². The molecule has 0 radical (unpaired) electrons. The van der Waals surface area contributed by atoms with Crippen LogP contribution in [-0.2, 0) is 6.42 Å². The summed E-state index contributed by atoms with van der Waals surface area (Å²) in [4.78, 5) is 0. The molecule has 2 rings (SSSR count). The Hall–Kier alpha value is -1.54. The molecule has 0 bridgehead atoms. The number of aliphatic hydroxyl groups excluding tert-OH is 1. The van der Waals surface area contributed by atoms with Gasteiger partial charge in [-0.25, -0.2) is 0 Å². The van der Waals surface area contributed by atoms with Gasteiger partial charge < -0.3 is 10.2 Å². The number of benzene rings is 2. The van der Waals surface area contributed by atoms with Gasteiger partial charge in [0.1, 0.15) is 5.75 Å². The van der Waals surface area contributed by atoms with Crippen molar-refractivity contribution in [2.45, 2.75) is 13.3 Å². The molecule has 2 aromatic rings. The Balaban J connectivity index is 2.44. The van der Waals surface area contributed by atoms with Crippen molar-refractivity contribution >= 4 is 10.8 Å². The molecule has 0 aliphatic rings. The zero-order valence-electron chi connectivity index (χ0n) is 9.35. The maximum atomic E-state index is 10.1. The monoisotopic (exact) mass is 216 g/mol. The van der Waals surface area contributed by atoms with Crippen LogP contribution in [0.25, 0.3) is 10.8 Å². The van der Waals surface area contributed by atoms with Crippen LogP contribution in [-0.4, -0.2) is 16.8 Å². The van der Waals surface area contributed by atoms with Gasteiger partial charge in [0.15, 0.2) is 0 Å². The molecule has 0 amide bonds. The molecule has 1 atom stereocenters. The molecule has 0 saturated heterocycles. The van der Waals surface area contributed by atoms with E-state index in [2.05, 4.69) is 0 Å². The van der Waals surface area contributed by atoms with E-state index >= 15 is 0 Å². The highest BCUT2D eigenvalue weighted by molar-refractivity contribution is 5.89. The Morgan fingerprint density at radius 3 is 2.62 bits per heavy atom. The summed E-state index contributed by atoms with van der Waals surface area (Å²) in [6.45, 7) is 2.11. The summed E-state index contributed by atoms with van der Waals surface area (Å²) in [6, 6.07) is 11.7. The SMILES string of the molecule is CC(CO)Cc1ccc2ccccc2c1O. The highest BCUT2D eigenvalue weighted by atomic mass is 16.3. The molecule has 2 N–H and O–H groups in total. The first-order chi connectivity index (χ1) is 7.72.